The number of Topliss-reactive ketones (excluding diaryl/α,β-unsaturated/α-hetero) is 1. The Morgan fingerprint density at radius 3 is 2.53 bits per heavy atom. The van der Waals surface area contributed by atoms with Crippen molar-refractivity contribution >= 4 is 28.7 Å². The van der Waals surface area contributed by atoms with Gasteiger partial charge in [0.2, 0.25) is 5.91 Å². The van der Waals surface area contributed by atoms with Crippen molar-refractivity contribution < 1.29 is 14.4 Å². The minimum Gasteiger partial charge on any atom is -0.297 e. The Bertz CT molecular complexity index is 737. The molecular weight excluding hydrogens is 394 g/mol. The summed E-state index contributed by atoms with van der Waals surface area (Å²) in [6.45, 7) is 7.05. The first-order valence-electron chi connectivity index (χ1n) is 12.3. The van der Waals surface area contributed by atoms with Gasteiger partial charge < -0.3 is 0 Å². The van der Waals surface area contributed by atoms with Gasteiger partial charge in [-0.1, -0.05) is 39.0 Å². The third kappa shape index (κ3) is 3.20. The zero-order valence-corrected chi connectivity index (χ0v) is 19.6. The number of nitrogens with zero attached hydrogens (tertiary/aromatic N) is 1. The van der Waals surface area contributed by atoms with Gasteiger partial charge >= 0.3 is 0 Å². The van der Waals surface area contributed by atoms with Crippen LogP contribution in [0.4, 0.5) is 4.79 Å². The Balaban J connectivity index is 1.34. The minimum atomic E-state index is -0.241. The van der Waals surface area contributed by atoms with Crippen LogP contribution in [0.25, 0.3) is 0 Å². The lowest BCUT2D eigenvalue weighted by atomic mass is 9.49. The van der Waals surface area contributed by atoms with E-state index in [0.29, 0.717) is 11.8 Å². The van der Waals surface area contributed by atoms with Gasteiger partial charge in [0.05, 0.1) is 12.3 Å². The van der Waals surface area contributed by atoms with Crippen LogP contribution < -0.4 is 0 Å². The summed E-state index contributed by atoms with van der Waals surface area (Å²) in [5.74, 6) is 5.55. The fraction of sp³-hybridized carbons (Fsp3) is 0.880. The van der Waals surface area contributed by atoms with E-state index in [0.717, 1.165) is 54.2 Å². The second-order valence-electron chi connectivity index (χ2n) is 11.6. The zero-order chi connectivity index (χ0) is 21.2. The molecule has 9 atom stereocenters. The van der Waals surface area contributed by atoms with E-state index in [4.69, 9.17) is 0 Å². The quantitative estimate of drug-likeness (QED) is 0.600. The van der Waals surface area contributed by atoms with E-state index in [9.17, 15) is 14.4 Å². The van der Waals surface area contributed by atoms with E-state index in [1.807, 2.05) is 0 Å². The molecule has 4 aliphatic carbocycles. The van der Waals surface area contributed by atoms with Gasteiger partial charge in [0, 0.05) is 5.92 Å². The van der Waals surface area contributed by atoms with Crippen LogP contribution in [0.15, 0.2) is 0 Å². The largest absolute Gasteiger partial charge is 0.297 e. The molecule has 5 heteroatoms. The summed E-state index contributed by atoms with van der Waals surface area (Å²) in [6.07, 6.45) is 10.6. The average Bonchev–Trinajstić information content (AvgIpc) is 3.16. The fourth-order valence-corrected chi connectivity index (χ4v) is 9.65. The highest BCUT2D eigenvalue weighted by atomic mass is 32.2. The standard InChI is InChI=1S/C25H37NO3S/c1-14-4-6-17-16(10-14)5-7-19-18(17)8-9-25(3)20(19)11-15(2)23(25)21(27)12-26-22(28)13-30-24(26)29/h14-20,23H,4-13H2,1-3H3. The maximum Gasteiger partial charge on any atom is 0.289 e. The number of carbonyl (C=O) groups excluding carboxylic acids is 3. The van der Waals surface area contributed by atoms with Crippen LogP contribution in [0, 0.1) is 52.8 Å². The fourth-order valence-electron chi connectivity index (χ4n) is 8.93. The van der Waals surface area contributed by atoms with Gasteiger partial charge in [-0.05, 0) is 91.8 Å². The summed E-state index contributed by atoms with van der Waals surface area (Å²) in [6, 6.07) is 0. The smallest absolute Gasteiger partial charge is 0.289 e. The van der Waals surface area contributed by atoms with Crippen molar-refractivity contribution in [3.63, 3.8) is 0 Å². The van der Waals surface area contributed by atoms with Crippen molar-refractivity contribution in [3.05, 3.63) is 0 Å². The van der Waals surface area contributed by atoms with Gasteiger partial charge in [-0.3, -0.25) is 19.3 Å². The van der Waals surface area contributed by atoms with Crippen LogP contribution in [0.1, 0.15) is 72.1 Å². The number of imide groups is 1. The maximum atomic E-state index is 13.4. The summed E-state index contributed by atoms with van der Waals surface area (Å²) in [5, 5.41) is -0.241. The number of amides is 2. The van der Waals surface area contributed by atoms with Crippen LogP contribution in [0.3, 0.4) is 0 Å². The highest BCUT2D eigenvalue weighted by molar-refractivity contribution is 8.14. The second-order valence-corrected chi connectivity index (χ2v) is 12.5. The highest BCUT2D eigenvalue weighted by Crippen LogP contribution is 2.65. The van der Waals surface area contributed by atoms with Crippen molar-refractivity contribution in [1.82, 2.24) is 4.90 Å². The molecule has 0 aromatic rings. The van der Waals surface area contributed by atoms with Crippen molar-refractivity contribution in [2.45, 2.75) is 72.1 Å². The molecule has 1 aliphatic heterocycles. The lowest BCUT2D eigenvalue weighted by Gasteiger charge is -2.56. The summed E-state index contributed by atoms with van der Waals surface area (Å²) < 4.78 is 0. The van der Waals surface area contributed by atoms with Gasteiger partial charge in [-0.15, -0.1) is 0 Å². The van der Waals surface area contributed by atoms with Crippen molar-refractivity contribution in [2.75, 3.05) is 12.3 Å². The Kier molecular flexibility index (Phi) is 5.35. The molecule has 9 unspecified atom stereocenters. The summed E-state index contributed by atoms with van der Waals surface area (Å²) in [5.41, 5.74) is 0.0470. The monoisotopic (exact) mass is 431 g/mol. The van der Waals surface area contributed by atoms with Gasteiger partial charge in [-0.2, -0.15) is 0 Å². The lowest BCUT2D eigenvalue weighted by Crippen LogP contribution is -2.50. The molecule has 5 fully saturated rings. The molecule has 4 nitrogen and oxygen atoms in total. The number of hydrogen-bond donors (Lipinski definition) is 0. The van der Waals surface area contributed by atoms with Gasteiger partial charge in [0.25, 0.3) is 5.24 Å². The molecular formula is C25H37NO3S. The molecule has 1 saturated heterocycles. The summed E-state index contributed by atoms with van der Waals surface area (Å²) in [4.78, 5) is 38.7. The Morgan fingerprint density at radius 2 is 1.80 bits per heavy atom. The number of carbonyl (C=O) groups is 3. The molecule has 30 heavy (non-hydrogen) atoms. The van der Waals surface area contributed by atoms with Crippen LogP contribution >= 0.6 is 11.8 Å². The molecule has 0 spiro atoms. The first-order chi connectivity index (χ1) is 14.3. The zero-order valence-electron chi connectivity index (χ0n) is 18.8. The molecule has 5 aliphatic rings. The number of fused-ring (bicyclic) bond motifs is 5. The van der Waals surface area contributed by atoms with Crippen LogP contribution in [-0.2, 0) is 9.59 Å². The number of rotatable bonds is 3. The molecule has 0 aromatic carbocycles. The lowest BCUT2D eigenvalue weighted by molar-refractivity contribution is -0.136. The van der Waals surface area contributed by atoms with E-state index in [1.54, 1.807) is 0 Å². The highest BCUT2D eigenvalue weighted by Gasteiger charge is 2.60. The SMILES string of the molecule is CC1CCC2C(CCC3C2CCC2(C)C3CC(C)C2C(=O)CN2C(=O)CSC2=O)C1. The summed E-state index contributed by atoms with van der Waals surface area (Å²) >= 11 is 1.03. The number of thioether (sulfide) groups is 1. The molecule has 166 valence electrons. The van der Waals surface area contributed by atoms with Crippen molar-refractivity contribution in [3.8, 4) is 0 Å². The molecule has 0 radical (unpaired) electrons. The Labute approximate surface area is 185 Å². The number of ketones is 1. The van der Waals surface area contributed by atoms with Crippen molar-refractivity contribution in [1.29, 1.82) is 0 Å². The molecule has 0 N–H and O–H groups in total. The molecule has 5 rings (SSSR count). The van der Waals surface area contributed by atoms with E-state index in [2.05, 4.69) is 20.8 Å². The Hall–Kier alpha value is -0.840. The molecule has 4 saturated carbocycles. The van der Waals surface area contributed by atoms with E-state index >= 15 is 0 Å². The molecule has 2 amide bonds. The van der Waals surface area contributed by atoms with Crippen LogP contribution in [0.2, 0.25) is 0 Å². The topological polar surface area (TPSA) is 54.5 Å². The Morgan fingerprint density at radius 1 is 1.03 bits per heavy atom. The summed E-state index contributed by atoms with van der Waals surface area (Å²) in [7, 11) is 0. The average molecular weight is 432 g/mol. The van der Waals surface area contributed by atoms with E-state index in [-0.39, 0.29) is 40.6 Å². The third-order valence-electron chi connectivity index (χ3n) is 10.1. The van der Waals surface area contributed by atoms with Gasteiger partial charge in [-0.25, -0.2) is 0 Å². The second kappa shape index (κ2) is 7.64. The molecule has 0 bridgehead atoms. The minimum absolute atomic E-state index is 0.00116. The van der Waals surface area contributed by atoms with Crippen molar-refractivity contribution in [2.24, 2.45) is 52.8 Å². The van der Waals surface area contributed by atoms with Gasteiger partial charge in [0.1, 0.15) is 0 Å². The van der Waals surface area contributed by atoms with Gasteiger partial charge in [0.15, 0.2) is 5.78 Å². The van der Waals surface area contributed by atoms with E-state index in [1.165, 1.54) is 43.4 Å². The molecule has 1 heterocycles. The first-order valence-corrected chi connectivity index (χ1v) is 13.3. The normalized spacial score (nSPS) is 48.3. The maximum absolute atomic E-state index is 13.4. The predicted molar refractivity (Wildman–Crippen MR) is 119 cm³/mol. The molecule has 0 aromatic heterocycles. The van der Waals surface area contributed by atoms with Crippen LogP contribution in [0.5, 0.6) is 0 Å². The first kappa shape index (κ1) is 21.0. The van der Waals surface area contributed by atoms with E-state index < -0.39 is 0 Å². The number of hydrogen-bond acceptors (Lipinski definition) is 4. The third-order valence-corrected chi connectivity index (χ3v) is 10.9. The van der Waals surface area contributed by atoms with Crippen LogP contribution in [-0.4, -0.2) is 34.1 Å². The predicted octanol–water partition coefficient (Wildman–Crippen LogP) is 5.40.